The number of amides is 2. The van der Waals surface area contributed by atoms with Crippen LogP contribution in [0.15, 0.2) is 120 Å². The van der Waals surface area contributed by atoms with E-state index in [1.165, 1.54) is 13.2 Å². The molecule has 10 nitrogen and oxygen atoms in total. The van der Waals surface area contributed by atoms with Crippen LogP contribution < -0.4 is 20.1 Å². The average Bonchev–Trinajstić information content (AvgIpc) is 3.10. The first-order valence-corrected chi connectivity index (χ1v) is 16.8. The van der Waals surface area contributed by atoms with E-state index in [-0.39, 0.29) is 22.5 Å². The third kappa shape index (κ3) is 8.56. The Labute approximate surface area is 280 Å². The highest BCUT2D eigenvalue weighted by atomic mass is 32.2. The first-order valence-electron chi connectivity index (χ1n) is 15.3. The van der Waals surface area contributed by atoms with Crippen molar-refractivity contribution < 1.29 is 22.7 Å². The van der Waals surface area contributed by atoms with Crippen molar-refractivity contribution in [3.63, 3.8) is 0 Å². The van der Waals surface area contributed by atoms with E-state index in [9.17, 15) is 18.0 Å². The van der Waals surface area contributed by atoms with Gasteiger partial charge in [0, 0.05) is 55.9 Å². The fourth-order valence-electron chi connectivity index (χ4n) is 5.13. The molecule has 0 aliphatic rings. The number of methoxy groups -OCH3 is 1. The maximum Gasteiger partial charge on any atom is 0.265 e. The zero-order valence-electron chi connectivity index (χ0n) is 26.9. The lowest BCUT2D eigenvalue weighted by atomic mass is 10.0. The smallest absolute Gasteiger partial charge is 0.265 e. The van der Waals surface area contributed by atoms with E-state index in [0.717, 1.165) is 11.1 Å². The van der Waals surface area contributed by atoms with Crippen LogP contribution in [0.1, 0.15) is 31.8 Å². The maximum atomic E-state index is 13.7. The molecular weight excluding hydrogens is 627 g/mol. The number of pyridine rings is 1. The van der Waals surface area contributed by atoms with Gasteiger partial charge in [0.15, 0.2) is 0 Å². The molecule has 11 heteroatoms. The van der Waals surface area contributed by atoms with E-state index in [2.05, 4.69) is 20.3 Å². The summed E-state index contributed by atoms with van der Waals surface area (Å²) in [5.74, 6) is -0.163. The topological polar surface area (TPSA) is 130 Å². The quantitative estimate of drug-likeness (QED) is 0.132. The van der Waals surface area contributed by atoms with Crippen LogP contribution in [0.4, 0.5) is 11.4 Å². The largest absolute Gasteiger partial charge is 0.495 e. The molecule has 0 spiro atoms. The van der Waals surface area contributed by atoms with Gasteiger partial charge in [0.05, 0.1) is 12.8 Å². The van der Waals surface area contributed by atoms with Gasteiger partial charge in [-0.3, -0.25) is 19.3 Å². The van der Waals surface area contributed by atoms with Gasteiger partial charge >= 0.3 is 0 Å². The second-order valence-electron chi connectivity index (χ2n) is 11.2. The number of aryl methyl sites for hydroxylation is 1. The molecular formula is C37H37N5O5S. The number of hydrogen-bond donors (Lipinski definition) is 3. The zero-order chi connectivity index (χ0) is 34.1. The predicted octanol–water partition coefficient (Wildman–Crippen LogP) is 5.98. The van der Waals surface area contributed by atoms with Gasteiger partial charge in [-0.15, -0.1) is 0 Å². The van der Waals surface area contributed by atoms with E-state index in [1.54, 1.807) is 78.9 Å². The Balaban J connectivity index is 1.27. The fraction of sp³-hybridized carbons (Fsp3) is 0.162. The van der Waals surface area contributed by atoms with Crippen LogP contribution in [0.25, 0.3) is 11.1 Å². The van der Waals surface area contributed by atoms with Crippen molar-refractivity contribution in [3.8, 4) is 16.9 Å². The van der Waals surface area contributed by atoms with Gasteiger partial charge in [0.2, 0.25) is 0 Å². The lowest BCUT2D eigenvalue weighted by Gasteiger charge is -2.18. The number of benzene rings is 4. The van der Waals surface area contributed by atoms with Crippen LogP contribution in [0.2, 0.25) is 0 Å². The summed E-state index contributed by atoms with van der Waals surface area (Å²) in [6.45, 7) is 3.14. The van der Waals surface area contributed by atoms with Crippen LogP contribution in [0.5, 0.6) is 5.75 Å². The second-order valence-corrected chi connectivity index (χ2v) is 12.9. The predicted molar refractivity (Wildman–Crippen MR) is 188 cm³/mol. The number of hydrogen-bond acceptors (Lipinski definition) is 7. The number of anilines is 2. The Morgan fingerprint density at radius 3 is 2.33 bits per heavy atom. The van der Waals surface area contributed by atoms with Gasteiger partial charge in [0.25, 0.3) is 21.8 Å². The number of rotatable bonds is 13. The number of nitrogens with zero attached hydrogens (tertiary/aromatic N) is 2. The van der Waals surface area contributed by atoms with Gasteiger partial charge in [-0.1, -0.05) is 48.0 Å². The summed E-state index contributed by atoms with van der Waals surface area (Å²) in [6.07, 6.45) is 3.40. The van der Waals surface area contributed by atoms with E-state index < -0.39 is 10.0 Å². The first kappa shape index (κ1) is 33.7. The molecule has 5 rings (SSSR count). The molecule has 0 atom stereocenters. The number of ether oxygens (including phenoxy) is 1. The van der Waals surface area contributed by atoms with Crippen molar-refractivity contribution in [2.75, 3.05) is 37.3 Å². The molecule has 0 bridgehead atoms. The van der Waals surface area contributed by atoms with Gasteiger partial charge in [0.1, 0.15) is 10.6 Å². The summed E-state index contributed by atoms with van der Waals surface area (Å²) in [6, 6.07) is 29.9. The standard InChI is InChI=1S/C37H37N5O5S/c1-26-8-4-11-30(20-26)36(43)40-19-18-39-32-13-6-14-33(23-32)41-48(45,46)35-22-29(15-16-34(35)47-3)28-10-5-12-31(21-28)37(44)42(2)25-27-9-7-17-38-24-27/h4-17,20-24,39,41H,18-19,25H2,1-3H3,(H,40,43). The third-order valence-electron chi connectivity index (χ3n) is 7.52. The molecule has 0 saturated heterocycles. The molecule has 2 amide bonds. The Hall–Kier alpha value is -5.68. The molecule has 3 N–H and O–H groups in total. The van der Waals surface area contributed by atoms with E-state index >= 15 is 0 Å². The summed E-state index contributed by atoms with van der Waals surface area (Å²) in [5, 5.41) is 6.09. The van der Waals surface area contributed by atoms with Crippen molar-refractivity contribution in [3.05, 3.63) is 138 Å². The van der Waals surface area contributed by atoms with E-state index in [4.69, 9.17) is 4.74 Å². The molecule has 246 valence electrons. The highest BCUT2D eigenvalue weighted by molar-refractivity contribution is 7.92. The van der Waals surface area contributed by atoms with E-state index in [1.807, 2.05) is 49.4 Å². The third-order valence-corrected chi connectivity index (χ3v) is 8.92. The first-order chi connectivity index (χ1) is 23.1. The number of sulfonamides is 1. The minimum absolute atomic E-state index is 0.0508. The van der Waals surface area contributed by atoms with Gasteiger partial charge < -0.3 is 20.3 Å². The van der Waals surface area contributed by atoms with Crippen molar-refractivity contribution in [1.29, 1.82) is 0 Å². The van der Waals surface area contributed by atoms with Crippen molar-refractivity contribution in [1.82, 2.24) is 15.2 Å². The monoisotopic (exact) mass is 663 g/mol. The molecule has 48 heavy (non-hydrogen) atoms. The number of carbonyl (C=O) groups is 2. The van der Waals surface area contributed by atoms with Crippen LogP contribution >= 0.6 is 0 Å². The Bertz CT molecular complexity index is 2020. The highest BCUT2D eigenvalue weighted by Gasteiger charge is 2.22. The van der Waals surface area contributed by atoms with Crippen LogP contribution in [0, 0.1) is 6.92 Å². The number of aromatic nitrogens is 1. The minimum atomic E-state index is -4.09. The van der Waals surface area contributed by atoms with Crippen molar-refractivity contribution >= 4 is 33.2 Å². The van der Waals surface area contributed by atoms with Crippen molar-refractivity contribution in [2.24, 2.45) is 0 Å². The highest BCUT2D eigenvalue weighted by Crippen LogP contribution is 2.32. The van der Waals surface area contributed by atoms with Crippen molar-refractivity contribution in [2.45, 2.75) is 18.4 Å². The molecule has 1 heterocycles. The Kier molecular flexibility index (Phi) is 10.7. The van der Waals surface area contributed by atoms with Crippen LogP contribution in [-0.4, -0.2) is 57.4 Å². The fourth-order valence-corrected chi connectivity index (χ4v) is 6.38. The van der Waals surface area contributed by atoms with Crippen LogP contribution in [0.3, 0.4) is 0 Å². The summed E-state index contributed by atoms with van der Waals surface area (Å²) >= 11 is 0. The molecule has 0 saturated carbocycles. The number of nitrogens with one attached hydrogen (secondary N) is 3. The number of carbonyl (C=O) groups excluding carboxylic acids is 2. The Morgan fingerprint density at radius 2 is 1.56 bits per heavy atom. The second kappa shape index (κ2) is 15.3. The SMILES string of the molecule is COc1ccc(-c2cccc(C(=O)N(C)Cc3cccnc3)c2)cc1S(=O)(=O)Nc1cccc(NCCNC(=O)c2cccc(C)c2)c1. The summed E-state index contributed by atoms with van der Waals surface area (Å²) in [7, 11) is -0.956. The van der Waals surface area contributed by atoms with Gasteiger partial charge in [-0.25, -0.2) is 8.42 Å². The lowest BCUT2D eigenvalue weighted by molar-refractivity contribution is 0.0784. The molecule has 0 fully saturated rings. The van der Waals surface area contributed by atoms with E-state index in [0.29, 0.717) is 53.3 Å². The zero-order valence-corrected chi connectivity index (χ0v) is 27.8. The molecule has 0 radical (unpaired) electrons. The normalized spacial score (nSPS) is 11.0. The molecule has 0 aliphatic heterocycles. The summed E-state index contributed by atoms with van der Waals surface area (Å²) in [5.41, 5.74) is 5.28. The molecule has 5 aromatic rings. The van der Waals surface area contributed by atoms with Gasteiger partial charge in [-0.05, 0) is 84.3 Å². The molecule has 1 aromatic heterocycles. The maximum absolute atomic E-state index is 13.7. The van der Waals surface area contributed by atoms with Crippen LogP contribution in [-0.2, 0) is 16.6 Å². The molecule has 4 aromatic carbocycles. The molecule has 0 aliphatic carbocycles. The molecule has 0 unspecified atom stereocenters. The summed E-state index contributed by atoms with van der Waals surface area (Å²) in [4.78, 5) is 31.3. The Morgan fingerprint density at radius 1 is 0.812 bits per heavy atom. The average molecular weight is 664 g/mol. The lowest BCUT2D eigenvalue weighted by Crippen LogP contribution is -2.28. The van der Waals surface area contributed by atoms with Gasteiger partial charge in [-0.2, -0.15) is 0 Å². The minimum Gasteiger partial charge on any atom is -0.495 e. The summed E-state index contributed by atoms with van der Waals surface area (Å²) < 4.78 is 35.4.